The fraction of sp³-hybridized carbons (Fsp3) is 0.833. The predicted octanol–water partition coefficient (Wildman–Crippen LogP) is -0.565. The van der Waals surface area contributed by atoms with Crippen LogP contribution in [0.4, 0.5) is 4.79 Å². The first-order chi connectivity index (χ1) is 9.16. The van der Waals surface area contributed by atoms with Gasteiger partial charge in [0, 0.05) is 32.7 Å². The van der Waals surface area contributed by atoms with Crippen LogP contribution in [0.5, 0.6) is 0 Å². The molecule has 0 saturated carbocycles. The van der Waals surface area contributed by atoms with Gasteiger partial charge in [-0.15, -0.1) is 0 Å². The number of nitrogens with one attached hydrogen (secondary N) is 1. The maximum Gasteiger partial charge on any atom is 0.317 e. The van der Waals surface area contributed by atoms with Gasteiger partial charge in [0.2, 0.25) is 0 Å². The zero-order chi connectivity index (χ0) is 13.7. The van der Waals surface area contributed by atoms with Gasteiger partial charge in [-0.2, -0.15) is 0 Å². The van der Waals surface area contributed by atoms with Gasteiger partial charge in [-0.25, -0.2) is 4.79 Å². The summed E-state index contributed by atoms with van der Waals surface area (Å²) in [6.07, 6.45) is 0.905. The van der Waals surface area contributed by atoms with Gasteiger partial charge in [-0.1, -0.05) is 0 Å². The van der Waals surface area contributed by atoms with Gasteiger partial charge in [0.05, 0.1) is 19.1 Å². The second-order valence-electron chi connectivity index (χ2n) is 4.98. The molecule has 2 aliphatic rings. The molecule has 2 heterocycles. The van der Waals surface area contributed by atoms with Crippen LogP contribution in [0.3, 0.4) is 0 Å². The molecule has 0 aromatic heterocycles. The first-order valence-electron chi connectivity index (χ1n) is 6.72. The lowest BCUT2D eigenvalue weighted by atomic mass is 10.0. The quantitative estimate of drug-likeness (QED) is 0.655. The highest BCUT2D eigenvalue weighted by Crippen LogP contribution is 2.15. The Bertz CT molecular complexity index is 325. The molecular formula is C12H21N3O4. The summed E-state index contributed by atoms with van der Waals surface area (Å²) in [6, 6.07) is -0.153. The second-order valence-corrected chi connectivity index (χ2v) is 4.98. The monoisotopic (exact) mass is 271 g/mol. The first kappa shape index (κ1) is 14.1. The number of carboxylic acid groups (broad SMARTS) is 1. The molecule has 2 aliphatic heterocycles. The van der Waals surface area contributed by atoms with Crippen molar-refractivity contribution in [3.05, 3.63) is 0 Å². The van der Waals surface area contributed by atoms with Crippen molar-refractivity contribution < 1.29 is 19.4 Å². The third-order valence-electron chi connectivity index (χ3n) is 3.55. The minimum absolute atomic E-state index is 0.153. The number of amides is 2. The Morgan fingerprint density at radius 2 is 1.95 bits per heavy atom. The van der Waals surface area contributed by atoms with E-state index in [1.165, 1.54) is 4.90 Å². The van der Waals surface area contributed by atoms with Gasteiger partial charge in [0.15, 0.2) is 0 Å². The normalized spacial score (nSPS) is 20.9. The van der Waals surface area contributed by atoms with Gasteiger partial charge < -0.3 is 20.1 Å². The number of carboxylic acids is 1. The molecule has 0 unspecified atom stereocenters. The molecule has 0 radical (unpaired) electrons. The molecule has 0 bridgehead atoms. The summed E-state index contributed by atoms with van der Waals surface area (Å²) in [7, 11) is 0. The van der Waals surface area contributed by atoms with Crippen LogP contribution in [0.2, 0.25) is 0 Å². The molecule has 2 fully saturated rings. The number of ether oxygens (including phenoxy) is 1. The number of urea groups is 1. The lowest BCUT2D eigenvalue weighted by molar-refractivity contribution is -0.146. The van der Waals surface area contributed by atoms with Crippen molar-refractivity contribution in [2.24, 2.45) is 5.92 Å². The third kappa shape index (κ3) is 4.07. The van der Waals surface area contributed by atoms with E-state index < -0.39 is 5.97 Å². The predicted molar refractivity (Wildman–Crippen MR) is 68.0 cm³/mol. The fourth-order valence-corrected chi connectivity index (χ4v) is 2.24. The average molecular weight is 271 g/mol. The van der Waals surface area contributed by atoms with Crippen LogP contribution in [-0.2, 0) is 9.53 Å². The lowest BCUT2D eigenvalue weighted by Crippen LogP contribution is -2.56. The number of morpholine rings is 1. The van der Waals surface area contributed by atoms with E-state index in [1.807, 2.05) is 0 Å². The van der Waals surface area contributed by atoms with Gasteiger partial charge >= 0.3 is 12.0 Å². The van der Waals surface area contributed by atoms with Crippen LogP contribution < -0.4 is 5.32 Å². The van der Waals surface area contributed by atoms with Crippen molar-refractivity contribution in [1.29, 1.82) is 0 Å². The molecule has 7 nitrogen and oxygen atoms in total. The fourth-order valence-electron chi connectivity index (χ4n) is 2.24. The molecule has 2 rings (SSSR count). The first-order valence-corrected chi connectivity index (χ1v) is 6.72. The SMILES string of the molecule is O=C(O)C1CN(C(=O)NCCCN2CCOCC2)C1. The van der Waals surface area contributed by atoms with E-state index >= 15 is 0 Å². The minimum Gasteiger partial charge on any atom is -0.481 e. The van der Waals surface area contributed by atoms with Crippen LogP contribution >= 0.6 is 0 Å². The number of aliphatic carboxylic acids is 1. The van der Waals surface area contributed by atoms with Crippen molar-refractivity contribution in [1.82, 2.24) is 15.1 Å². The Balaban J connectivity index is 1.51. The van der Waals surface area contributed by atoms with Gasteiger partial charge in [0.1, 0.15) is 0 Å². The topological polar surface area (TPSA) is 82.1 Å². The number of hydrogen-bond acceptors (Lipinski definition) is 4. The summed E-state index contributed by atoms with van der Waals surface area (Å²) in [5.74, 6) is -1.21. The molecule has 108 valence electrons. The molecule has 0 atom stereocenters. The summed E-state index contributed by atoms with van der Waals surface area (Å²) < 4.78 is 5.26. The highest BCUT2D eigenvalue weighted by molar-refractivity contribution is 5.79. The summed E-state index contributed by atoms with van der Waals surface area (Å²) >= 11 is 0. The van der Waals surface area contributed by atoms with E-state index in [4.69, 9.17) is 9.84 Å². The molecular weight excluding hydrogens is 250 g/mol. The number of hydrogen-bond donors (Lipinski definition) is 2. The maximum atomic E-state index is 11.6. The highest BCUT2D eigenvalue weighted by atomic mass is 16.5. The van der Waals surface area contributed by atoms with Crippen molar-refractivity contribution in [2.75, 3.05) is 52.5 Å². The largest absolute Gasteiger partial charge is 0.481 e. The molecule has 2 saturated heterocycles. The van der Waals surface area contributed by atoms with E-state index in [0.717, 1.165) is 39.3 Å². The molecule has 0 aromatic carbocycles. The number of carbonyl (C=O) groups excluding carboxylic acids is 1. The van der Waals surface area contributed by atoms with Crippen LogP contribution in [0.15, 0.2) is 0 Å². The van der Waals surface area contributed by atoms with Gasteiger partial charge in [0.25, 0.3) is 0 Å². The smallest absolute Gasteiger partial charge is 0.317 e. The average Bonchev–Trinajstić information content (AvgIpc) is 2.33. The lowest BCUT2D eigenvalue weighted by Gasteiger charge is -2.36. The van der Waals surface area contributed by atoms with E-state index in [1.54, 1.807) is 0 Å². The summed E-state index contributed by atoms with van der Waals surface area (Å²) in [6.45, 7) is 5.73. The minimum atomic E-state index is -0.823. The van der Waals surface area contributed by atoms with Crippen molar-refractivity contribution in [2.45, 2.75) is 6.42 Å². The van der Waals surface area contributed by atoms with Crippen LogP contribution in [0.1, 0.15) is 6.42 Å². The van der Waals surface area contributed by atoms with E-state index in [2.05, 4.69) is 10.2 Å². The highest BCUT2D eigenvalue weighted by Gasteiger charge is 2.35. The Labute approximate surface area is 112 Å². The van der Waals surface area contributed by atoms with E-state index in [0.29, 0.717) is 19.6 Å². The molecule has 2 N–H and O–H groups in total. The maximum absolute atomic E-state index is 11.6. The van der Waals surface area contributed by atoms with Gasteiger partial charge in [-0.3, -0.25) is 9.69 Å². The number of carbonyl (C=O) groups is 2. The third-order valence-corrected chi connectivity index (χ3v) is 3.55. The van der Waals surface area contributed by atoms with Crippen molar-refractivity contribution in [3.63, 3.8) is 0 Å². The van der Waals surface area contributed by atoms with Crippen LogP contribution in [0, 0.1) is 5.92 Å². The zero-order valence-electron chi connectivity index (χ0n) is 11.0. The van der Waals surface area contributed by atoms with Crippen LogP contribution in [0.25, 0.3) is 0 Å². The summed E-state index contributed by atoms with van der Waals surface area (Å²) in [5, 5.41) is 11.5. The van der Waals surface area contributed by atoms with E-state index in [9.17, 15) is 9.59 Å². The zero-order valence-corrected chi connectivity index (χ0v) is 11.0. The molecule has 19 heavy (non-hydrogen) atoms. The van der Waals surface area contributed by atoms with Gasteiger partial charge in [-0.05, 0) is 13.0 Å². The van der Waals surface area contributed by atoms with Crippen molar-refractivity contribution >= 4 is 12.0 Å². The number of rotatable bonds is 5. The molecule has 0 aliphatic carbocycles. The Hall–Kier alpha value is -1.34. The van der Waals surface area contributed by atoms with E-state index in [-0.39, 0.29) is 11.9 Å². The standard InChI is InChI=1S/C12H21N3O4/c16-11(17)10-8-15(9-10)12(18)13-2-1-3-14-4-6-19-7-5-14/h10H,1-9H2,(H,13,18)(H,16,17). The molecule has 0 spiro atoms. The Kier molecular flexibility index (Phi) is 4.98. The number of nitrogens with zero attached hydrogens (tertiary/aromatic N) is 2. The number of likely N-dealkylation sites (tertiary alicyclic amines) is 1. The molecule has 0 aromatic rings. The summed E-state index contributed by atoms with van der Waals surface area (Å²) in [4.78, 5) is 26.1. The van der Waals surface area contributed by atoms with Crippen LogP contribution in [-0.4, -0.2) is 79.4 Å². The van der Waals surface area contributed by atoms with Crippen molar-refractivity contribution in [3.8, 4) is 0 Å². The molecule has 7 heteroatoms. The molecule has 2 amide bonds. The Morgan fingerprint density at radius 3 is 2.58 bits per heavy atom. The summed E-state index contributed by atoms with van der Waals surface area (Å²) in [5.41, 5.74) is 0. The second kappa shape index (κ2) is 6.72. The Morgan fingerprint density at radius 1 is 1.26 bits per heavy atom.